The first-order valence-corrected chi connectivity index (χ1v) is 12.6. The molecule has 3 heteroatoms. The standard InChI is InChI=1S/C34H26O3/c1-2-36-34(35)31-27(23-15-7-3-8-16-23)29-30(28(31)24-17-9-4-10-18-24)33(26-21-13-6-14-22-26)37-32(29)25-19-11-5-12-20-25/h3-22,27H,2H2,1H3. The number of rotatable bonds is 6. The Morgan fingerprint density at radius 1 is 0.676 bits per heavy atom. The molecule has 0 fully saturated rings. The first-order chi connectivity index (χ1) is 18.3. The van der Waals surface area contributed by atoms with Crippen LogP contribution in [-0.2, 0) is 9.53 Å². The van der Waals surface area contributed by atoms with Gasteiger partial charge in [0.25, 0.3) is 0 Å². The fraction of sp³-hybridized carbons (Fsp3) is 0.0882. The molecule has 0 saturated carbocycles. The van der Waals surface area contributed by atoms with Gasteiger partial charge in [-0.2, -0.15) is 0 Å². The van der Waals surface area contributed by atoms with E-state index >= 15 is 0 Å². The van der Waals surface area contributed by atoms with Crippen LogP contribution in [0.15, 0.2) is 131 Å². The van der Waals surface area contributed by atoms with Gasteiger partial charge in [-0.1, -0.05) is 121 Å². The molecule has 37 heavy (non-hydrogen) atoms. The number of benzene rings is 4. The zero-order valence-electron chi connectivity index (χ0n) is 20.6. The van der Waals surface area contributed by atoms with E-state index in [1.54, 1.807) is 0 Å². The molecule has 5 aromatic rings. The van der Waals surface area contributed by atoms with Crippen molar-refractivity contribution >= 4 is 11.5 Å². The van der Waals surface area contributed by atoms with Gasteiger partial charge < -0.3 is 9.15 Å². The second kappa shape index (κ2) is 9.79. The van der Waals surface area contributed by atoms with Crippen LogP contribution in [0.3, 0.4) is 0 Å². The highest BCUT2D eigenvalue weighted by molar-refractivity contribution is 6.10. The van der Waals surface area contributed by atoms with Crippen LogP contribution in [0.1, 0.15) is 35.1 Å². The molecule has 3 nitrogen and oxygen atoms in total. The fourth-order valence-electron chi connectivity index (χ4n) is 5.30. The van der Waals surface area contributed by atoms with Gasteiger partial charge in [0.05, 0.1) is 12.2 Å². The monoisotopic (exact) mass is 482 g/mol. The number of carbonyl (C=O) groups is 1. The molecular formula is C34H26O3. The summed E-state index contributed by atoms with van der Waals surface area (Å²) in [6.45, 7) is 2.15. The Kier molecular flexibility index (Phi) is 6.03. The molecule has 0 spiro atoms. The minimum atomic E-state index is -0.332. The van der Waals surface area contributed by atoms with Crippen LogP contribution < -0.4 is 0 Å². The van der Waals surface area contributed by atoms with Crippen molar-refractivity contribution in [3.8, 4) is 22.6 Å². The van der Waals surface area contributed by atoms with Crippen molar-refractivity contribution in [3.05, 3.63) is 149 Å². The van der Waals surface area contributed by atoms with Crippen LogP contribution in [0.4, 0.5) is 0 Å². The summed E-state index contributed by atoms with van der Waals surface area (Å²) in [5, 5.41) is 0. The number of fused-ring (bicyclic) bond motifs is 1. The Morgan fingerprint density at radius 2 is 1.16 bits per heavy atom. The normalized spacial score (nSPS) is 14.5. The van der Waals surface area contributed by atoms with Crippen LogP contribution >= 0.6 is 0 Å². The fourth-order valence-corrected chi connectivity index (χ4v) is 5.30. The lowest BCUT2D eigenvalue weighted by Gasteiger charge is -2.18. The van der Waals surface area contributed by atoms with E-state index in [-0.39, 0.29) is 11.9 Å². The zero-order valence-corrected chi connectivity index (χ0v) is 20.6. The molecule has 0 aliphatic heterocycles. The van der Waals surface area contributed by atoms with Crippen molar-refractivity contribution in [2.45, 2.75) is 12.8 Å². The summed E-state index contributed by atoms with van der Waals surface area (Å²) in [5.41, 5.74) is 7.39. The number of carbonyl (C=O) groups excluding carboxylic acids is 1. The number of furan rings is 1. The van der Waals surface area contributed by atoms with Gasteiger partial charge in [0, 0.05) is 33.7 Å². The second-order valence-electron chi connectivity index (χ2n) is 9.00. The Morgan fingerprint density at radius 3 is 1.70 bits per heavy atom. The van der Waals surface area contributed by atoms with Crippen molar-refractivity contribution in [1.29, 1.82) is 0 Å². The largest absolute Gasteiger partial charge is 0.463 e. The molecule has 1 atom stereocenters. The molecule has 180 valence electrons. The quantitative estimate of drug-likeness (QED) is 0.229. The van der Waals surface area contributed by atoms with Crippen molar-refractivity contribution in [1.82, 2.24) is 0 Å². The molecule has 1 aromatic heterocycles. The summed E-state index contributed by atoms with van der Waals surface area (Å²) >= 11 is 0. The number of hydrogen-bond acceptors (Lipinski definition) is 3. The Balaban J connectivity index is 1.75. The second-order valence-corrected chi connectivity index (χ2v) is 9.00. The number of esters is 1. The summed E-state index contributed by atoms with van der Waals surface area (Å²) in [6.07, 6.45) is 0. The van der Waals surface area contributed by atoms with E-state index in [1.165, 1.54) is 0 Å². The lowest BCUT2D eigenvalue weighted by Crippen LogP contribution is -2.14. The van der Waals surface area contributed by atoms with E-state index in [0.717, 1.165) is 50.5 Å². The highest BCUT2D eigenvalue weighted by atomic mass is 16.5. The molecular weight excluding hydrogens is 456 g/mol. The highest BCUT2D eigenvalue weighted by Crippen LogP contribution is 2.56. The molecule has 0 radical (unpaired) electrons. The van der Waals surface area contributed by atoms with E-state index in [4.69, 9.17) is 9.15 Å². The summed E-state index contributed by atoms with van der Waals surface area (Å²) in [4.78, 5) is 13.8. The zero-order chi connectivity index (χ0) is 25.2. The van der Waals surface area contributed by atoms with E-state index in [2.05, 4.69) is 48.5 Å². The van der Waals surface area contributed by atoms with Crippen molar-refractivity contribution < 1.29 is 13.9 Å². The molecule has 1 aliphatic rings. The molecule has 4 aromatic carbocycles. The number of ether oxygens (including phenoxy) is 1. The lowest BCUT2D eigenvalue weighted by molar-refractivity contribution is -0.138. The van der Waals surface area contributed by atoms with Crippen LogP contribution in [0.2, 0.25) is 0 Å². The minimum Gasteiger partial charge on any atom is -0.463 e. The Bertz CT molecular complexity index is 1560. The Hall–Kier alpha value is -4.63. The highest BCUT2D eigenvalue weighted by Gasteiger charge is 2.43. The van der Waals surface area contributed by atoms with Gasteiger partial charge in [-0.3, -0.25) is 0 Å². The van der Waals surface area contributed by atoms with Crippen LogP contribution in [0.5, 0.6) is 0 Å². The molecule has 1 aliphatic carbocycles. The van der Waals surface area contributed by atoms with Crippen molar-refractivity contribution in [2.75, 3.05) is 6.61 Å². The maximum atomic E-state index is 13.8. The smallest absolute Gasteiger partial charge is 0.335 e. The van der Waals surface area contributed by atoms with E-state index in [1.807, 2.05) is 79.7 Å². The van der Waals surface area contributed by atoms with Crippen LogP contribution in [-0.4, -0.2) is 12.6 Å². The van der Waals surface area contributed by atoms with Gasteiger partial charge in [0.15, 0.2) is 0 Å². The Labute approximate surface area is 216 Å². The van der Waals surface area contributed by atoms with Gasteiger partial charge >= 0.3 is 5.97 Å². The summed E-state index contributed by atoms with van der Waals surface area (Å²) in [5.74, 6) is 0.899. The van der Waals surface area contributed by atoms with Crippen LogP contribution in [0.25, 0.3) is 28.2 Å². The molecule has 0 amide bonds. The third-order valence-corrected chi connectivity index (χ3v) is 6.80. The molecule has 6 rings (SSSR count). The van der Waals surface area contributed by atoms with Crippen molar-refractivity contribution in [2.24, 2.45) is 0 Å². The average molecular weight is 483 g/mol. The van der Waals surface area contributed by atoms with Gasteiger partial charge in [-0.15, -0.1) is 0 Å². The number of hydrogen-bond donors (Lipinski definition) is 0. The predicted octanol–water partition coefficient (Wildman–Crippen LogP) is 8.12. The maximum Gasteiger partial charge on any atom is 0.335 e. The van der Waals surface area contributed by atoms with Gasteiger partial charge in [0.1, 0.15) is 11.5 Å². The predicted molar refractivity (Wildman–Crippen MR) is 147 cm³/mol. The van der Waals surface area contributed by atoms with E-state index < -0.39 is 0 Å². The summed E-state index contributed by atoms with van der Waals surface area (Å²) in [7, 11) is 0. The molecule has 1 heterocycles. The molecule has 0 bridgehead atoms. The minimum absolute atomic E-state index is 0.301. The van der Waals surface area contributed by atoms with Gasteiger partial charge in [-0.25, -0.2) is 4.79 Å². The molecule has 0 saturated heterocycles. The average Bonchev–Trinajstić information content (AvgIpc) is 3.51. The molecule has 1 unspecified atom stereocenters. The topological polar surface area (TPSA) is 39.4 Å². The van der Waals surface area contributed by atoms with E-state index in [0.29, 0.717) is 12.2 Å². The first kappa shape index (κ1) is 22.8. The summed E-state index contributed by atoms with van der Waals surface area (Å²) < 4.78 is 12.5. The van der Waals surface area contributed by atoms with Gasteiger partial charge in [0.2, 0.25) is 0 Å². The van der Waals surface area contributed by atoms with E-state index in [9.17, 15) is 4.79 Å². The van der Waals surface area contributed by atoms with Crippen molar-refractivity contribution in [3.63, 3.8) is 0 Å². The maximum absolute atomic E-state index is 13.8. The SMILES string of the molecule is CCOC(=O)C1=C(c2ccccc2)c2c(-c3ccccc3)oc(-c3ccccc3)c2C1c1ccccc1. The third-order valence-electron chi connectivity index (χ3n) is 6.80. The molecule has 0 N–H and O–H groups in total. The first-order valence-electron chi connectivity index (χ1n) is 12.6. The van der Waals surface area contributed by atoms with Crippen LogP contribution in [0, 0.1) is 0 Å². The lowest BCUT2D eigenvalue weighted by atomic mass is 9.86. The van der Waals surface area contributed by atoms with Gasteiger partial charge in [-0.05, 0) is 18.1 Å². The third kappa shape index (κ3) is 3.99. The summed E-state index contributed by atoms with van der Waals surface area (Å²) in [6, 6.07) is 40.5.